The highest BCUT2D eigenvalue weighted by Crippen LogP contribution is 1.98. The molecule has 1 rings (SSSR count). The zero-order valence-electron chi connectivity index (χ0n) is 6.28. The van der Waals surface area contributed by atoms with Crippen molar-refractivity contribution in [2.75, 3.05) is 5.75 Å². The zero-order chi connectivity index (χ0) is 8.81. The minimum absolute atomic E-state index is 0.511. The van der Waals surface area contributed by atoms with Crippen LogP contribution >= 0.6 is 12.6 Å². The van der Waals surface area contributed by atoms with Crippen LogP contribution in [-0.2, 0) is 0 Å². The van der Waals surface area contributed by atoms with Crippen LogP contribution in [0.1, 0.15) is 11.1 Å². The van der Waals surface area contributed by atoms with Gasteiger partial charge in [-0.1, -0.05) is 11.8 Å². The summed E-state index contributed by atoms with van der Waals surface area (Å²) in [6.45, 7) is 0. The molecule has 0 aliphatic carbocycles. The van der Waals surface area contributed by atoms with Gasteiger partial charge in [-0.3, -0.25) is 4.98 Å². The molecule has 1 aromatic heterocycles. The van der Waals surface area contributed by atoms with E-state index in [9.17, 15) is 0 Å². The summed E-state index contributed by atoms with van der Waals surface area (Å²) >= 11 is 3.94. The van der Waals surface area contributed by atoms with Gasteiger partial charge in [-0.15, -0.1) is 0 Å². The van der Waals surface area contributed by atoms with Gasteiger partial charge in [0.1, 0.15) is 6.07 Å². The van der Waals surface area contributed by atoms with Crippen LogP contribution in [0.15, 0.2) is 18.5 Å². The first-order chi connectivity index (χ1) is 5.86. The van der Waals surface area contributed by atoms with Crippen LogP contribution in [0, 0.1) is 23.2 Å². The molecule has 0 fully saturated rings. The molecular formula is C9H6N2S. The fraction of sp³-hybridized carbons (Fsp3) is 0.111. The molecule has 0 unspecified atom stereocenters. The van der Waals surface area contributed by atoms with Gasteiger partial charge in [0.25, 0.3) is 0 Å². The van der Waals surface area contributed by atoms with Crippen LogP contribution in [0.25, 0.3) is 0 Å². The number of nitrogens with zero attached hydrogens (tertiary/aromatic N) is 2. The predicted molar refractivity (Wildman–Crippen MR) is 49.7 cm³/mol. The van der Waals surface area contributed by atoms with Gasteiger partial charge in [0, 0.05) is 18.0 Å². The number of nitriles is 1. The van der Waals surface area contributed by atoms with Gasteiger partial charge in [-0.25, -0.2) is 0 Å². The van der Waals surface area contributed by atoms with E-state index in [0.717, 1.165) is 5.56 Å². The SMILES string of the molecule is N#Cc1cncc(C#CCS)c1. The molecular weight excluding hydrogens is 168 g/mol. The standard InChI is InChI=1S/C9H6N2S/c10-5-9-4-8(2-1-3-12)6-11-7-9/h4,6-7,12H,3H2. The number of hydrogen-bond acceptors (Lipinski definition) is 3. The Bertz CT molecular complexity index is 368. The lowest BCUT2D eigenvalue weighted by atomic mass is 10.2. The summed E-state index contributed by atoms with van der Waals surface area (Å²) in [5.74, 6) is 6.12. The highest BCUT2D eigenvalue weighted by molar-refractivity contribution is 7.80. The molecule has 1 aromatic rings. The number of pyridine rings is 1. The normalized spacial score (nSPS) is 8.00. The number of hydrogen-bond donors (Lipinski definition) is 1. The zero-order valence-corrected chi connectivity index (χ0v) is 7.18. The molecule has 2 nitrogen and oxygen atoms in total. The van der Waals surface area contributed by atoms with Crippen LogP contribution in [0.5, 0.6) is 0 Å². The first-order valence-corrected chi connectivity index (χ1v) is 3.95. The Morgan fingerprint density at radius 3 is 2.83 bits per heavy atom. The maximum Gasteiger partial charge on any atom is 0.101 e. The first-order valence-electron chi connectivity index (χ1n) is 3.31. The topological polar surface area (TPSA) is 36.7 Å². The van der Waals surface area contributed by atoms with Crippen LogP contribution < -0.4 is 0 Å². The Kier molecular flexibility index (Phi) is 3.19. The summed E-state index contributed by atoms with van der Waals surface area (Å²) in [4.78, 5) is 3.86. The van der Waals surface area contributed by atoms with E-state index in [4.69, 9.17) is 5.26 Å². The lowest BCUT2D eigenvalue weighted by Crippen LogP contribution is -1.81. The van der Waals surface area contributed by atoms with E-state index in [1.54, 1.807) is 12.3 Å². The fourth-order valence-corrected chi connectivity index (χ4v) is 0.790. The molecule has 0 radical (unpaired) electrons. The van der Waals surface area contributed by atoms with E-state index in [-0.39, 0.29) is 0 Å². The lowest BCUT2D eigenvalue weighted by Gasteiger charge is -1.88. The molecule has 0 saturated carbocycles. The maximum atomic E-state index is 8.53. The van der Waals surface area contributed by atoms with Crippen molar-refractivity contribution in [2.24, 2.45) is 0 Å². The van der Waals surface area contributed by atoms with Crippen molar-refractivity contribution < 1.29 is 0 Å². The number of rotatable bonds is 0. The molecule has 0 amide bonds. The predicted octanol–water partition coefficient (Wildman–Crippen LogP) is 1.23. The summed E-state index contributed by atoms with van der Waals surface area (Å²) in [7, 11) is 0. The van der Waals surface area contributed by atoms with Crippen LogP contribution in [0.3, 0.4) is 0 Å². The third kappa shape index (κ3) is 2.30. The molecule has 3 heteroatoms. The Hall–Kier alpha value is -1.45. The average molecular weight is 174 g/mol. The molecule has 0 aromatic carbocycles. The second-order valence-corrected chi connectivity index (χ2v) is 2.35. The van der Waals surface area contributed by atoms with E-state index in [0.29, 0.717) is 11.3 Å². The third-order valence-corrected chi connectivity index (χ3v) is 1.34. The van der Waals surface area contributed by atoms with Gasteiger partial charge in [0.2, 0.25) is 0 Å². The second kappa shape index (κ2) is 4.43. The van der Waals surface area contributed by atoms with Crippen molar-refractivity contribution in [2.45, 2.75) is 0 Å². The van der Waals surface area contributed by atoms with Crippen molar-refractivity contribution in [3.63, 3.8) is 0 Å². The molecule has 0 N–H and O–H groups in total. The maximum absolute atomic E-state index is 8.53. The van der Waals surface area contributed by atoms with Gasteiger partial charge < -0.3 is 0 Å². The highest BCUT2D eigenvalue weighted by Gasteiger charge is 1.90. The summed E-state index contributed by atoms with van der Waals surface area (Å²) in [5.41, 5.74) is 1.28. The van der Waals surface area contributed by atoms with Gasteiger partial charge in [-0.05, 0) is 6.07 Å². The minimum Gasteiger partial charge on any atom is -0.262 e. The Labute approximate surface area is 76.7 Å². The van der Waals surface area contributed by atoms with Crippen molar-refractivity contribution in [1.29, 1.82) is 5.26 Å². The highest BCUT2D eigenvalue weighted by atomic mass is 32.1. The summed E-state index contributed by atoms with van der Waals surface area (Å²) in [6.07, 6.45) is 3.13. The average Bonchev–Trinajstić information content (AvgIpc) is 2.15. The van der Waals surface area contributed by atoms with E-state index < -0.39 is 0 Å². The van der Waals surface area contributed by atoms with Crippen molar-refractivity contribution in [3.8, 4) is 17.9 Å². The van der Waals surface area contributed by atoms with E-state index in [1.807, 2.05) is 6.07 Å². The fourth-order valence-electron chi connectivity index (χ4n) is 0.711. The first kappa shape index (κ1) is 8.64. The smallest absolute Gasteiger partial charge is 0.101 e. The second-order valence-electron chi connectivity index (χ2n) is 2.03. The summed E-state index contributed by atoms with van der Waals surface area (Å²) in [5, 5.41) is 8.53. The minimum atomic E-state index is 0.511. The van der Waals surface area contributed by atoms with E-state index in [1.165, 1.54) is 6.20 Å². The van der Waals surface area contributed by atoms with Crippen molar-refractivity contribution in [1.82, 2.24) is 4.98 Å². The molecule has 0 spiro atoms. The van der Waals surface area contributed by atoms with Gasteiger partial charge in [-0.2, -0.15) is 17.9 Å². The molecule has 1 heterocycles. The number of thiol groups is 1. The quantitative estimate of drug-likeness (QED) is 0.474. The molecule has 58 valence electrons. The van der Waals surface area contributed by atoms with Crippen LogP contribution in [0.2, 0.25) is 0 Å². The Morgan fingerprint density at radius 1 is 1.42 bits per heavy atom. The van der Waals surface area contributed by atoms with E-state index >= 15 is 0 Å². The molecule has 0 aliphatic heterocycles. The molecule has 0 atom stereocenters. The molecule has 12 heavy (non-hydrogen) atoms. The summed E-state index contributed by atoms with van der Waals surface area (Å²) < 4.78 is 0. The largest absolute Gasteiger partial charge is 0.262 e. The van der Waals surface area contributed by atoms with Crippen LogP contribution in [-0.4, -0.2) is 10.7 Å². The molecule has 0 saturated heterocycles. The monoisotopic (exact) mass is 174 g/mol. The molecule has 0 bridgehead atoms. The summed E-state index contributed by atoms with van der Waals surface area (Å²) in [6, 6.07) is 3.69. The third-order valence-electron chi connectivity index (χ3n) is 1.18. The van der Waals surface area contributed by atoms with Gasteiger partial charge in [0.15, 0.2) is 0 Å². The molecule has 0 aliphatic rings. The van der Waals surface area contributed by atoms with E-state index in [2.05, 4.69) is 29.5 Å². The van der Waals surface area contributed by atoms with Gasteiger partial charge in [0.05, 0.1) is 11.3 Å². The lowest BCUT2D eigenvalue weighted by molar-refractivity contribution is 1.29. The number of aromatic nitrogens is 1. The van der Waals surface area contributed by atoms with Gasteiger partial charge >= 0.3 is 0 Å². The Morgan fingerprint density at radius 2 is 2.17 bits per heavy atom. The van der Waals surface area contributed by atoms with Crippen molar-refractivity contribution >= 4 is 12.6 Å². The van der Waals surface area contributed by atoms with Crippen LogP contribution in [0.4, 0.5) is 0 Å². The Balaban J connectivity index is 2.96. The van der Waals surface area contributed by atoms with Crippen molar-refractivity contribution in [3.05, 3.63) is 29.6 Å².